The Labute approximate surface area is 101 Å². The molecule has 0 radical (unpaired) electrons. The summed E-state index contributed by atoms with van der Waals surface area (Å²) in [6.45, 7) is 5.26. The van der Waals surface area contributed by atoms with Crippen LogP contribution in [0.25, 0.3) is 10.9 Å². The van der Waals surface area contributed by atoms with Crippen molar-refractivity contribution in [1.29, 1.82) is 0 Å². The van der Waals surface area contributed by atoms with Crippen molar-refractivity contribution in [2.45, 2.75) is 26.3 Å². The van der Waals surface area contributed by atoms with E-state index < -0.39 is 0 Å². The van der Waals surface area contributed by atoms with Gasteiger partial charge in [0.05, 0.1) is 0 Å². The van der Waals surface area contributed by atoms with Crippen LogP contribution in [0.1, 0.15) is 19.8 Å². The maximum atomic E-state index is 13.0. The average Bonchev–Trinajstić information content (AvgIpc) is 2.71. The molecule has 0 saturated heterocycles. The quantitative estimate of drug-likeness (QED) is 0.760. The number of fused-ring (bicyclic) bond motifs is 1. The van der Waals surface area contributed by atoms with Crippen LogP contribution in [0.4, 0.5) is 4.39 Å². The first kappa shape index (κ1) is 12.1. The van der Waals surface area contributed by atoms with Crippen molar-refractivity contribution in [3.63, 3.8) is 0 Å². The summed E-state index contributed by atoms with van der Waals surface area (Å²) in [6, 6.07) is 6.93. The Hall–Kier alpha value is -1.35. The Bertz CT molecular complexity index is 476. The molecule has 1 N–H and O–H groups in total. The number of hydrogen-bond acceptors (Lipinski definition) is 1. The number of rotatable bonds is 6. The van der Waals surface area contributed by atoms with Crippen LogP contribution in [0.15, 0.2) is 30.5 Å². The highest BCUT2D eigenvalue weighted by atomic mass is 19.1. The average molecular weight is 234 g/mol. The molecule has 0 spiro atoms. The molecule has 2 rings (SSSR count). The zero-order valence-electron chi connectivity index (χ0n) is 10.2. The largest absolute Gasteiger partial charge is 0.347 e. The third-order valence-corrected chi connectivity index (χ3v) is 2.91. The Balaban J connectivity index is 1.95. The van der Waals surface area contributed by atoms with Gasteiger partial charge >= 0.3 is 0 Å². The van der Waals surface area contributed by atoms with Crippen LogP contribution < -0.4 is 5.32 Å². The third kappa shape index (κ3) is 3.07. The zero-order valence-corrected chi connectivity index (χ0v) is 10.2. The van der Waals surface area contributed by atoms with Gasteiger partial charge in [0.1, 0.15) is 5.82 Å². The zero-order chi connectivity index (χ0) is 12.1. The van der Waals surface area contributed by atoms with Gasteiger partial charge in [-0.05, 0) is 50.2 Å². The predicted octanol–water partition coefficient (Wildman–Crippen LogP) is 3.17. The maximum absolute atomic E-state index is 13.0. The van der Waals surface area contributed by atoms with Gasteiger partial charge in [-0.3, -0.25) is 0 Å². The van der Waals surface area contributed by atoms with Gasteiger partial charge in [-0.15, -0.1) is 0 Å². The van der Waals surface area contributed by atoms with Crippen LogP contribution in [0.3, 0.4) is 0 Å². The molecule has 92 valence electrons. The van der Waals surface area contributed by atoms with Crippen LogP contribution in [-0.2, 0) is 6.54 Å². The smallest absolute Gasteiger partial charge is 0.123 e. The van der Waals surface area contributed by atoms with Crippen LogP contribution in [0, 0.1) is 5.82 Å². The van der Waals surface area contributed by atoms with Crippen LogP contribution in [0.2, 0.25) is 0 Å². The van der Waals surface area contributed by atoms with Gasteiger partial charge in [-0.2, -0.15) is 0 Å². The van der Waals surface area contributed by atoms with Crippen molar-refractivity contribution in [3.05, 3.63) is 36.3 Å². The highest BCUT2D eigenvalue weighted by molar-refractivity contribution is 5.80. The molecule has 0 aliphatic rings. The van der Waals surface area contributed by atoms with E-state index in [1.165, 1.54) is 12.5 Å². The number of nitrogens with zero attached hydrogens (tertiary/aromatic N) is 1. The Morgan fingerprint density at radius 1 is 1.24 bits per heavy atom. The number of benzene rings is 1. The molecule has 3 heteroatoms. The lowest BCUT2D eigenvalue weighted by Crippen LogP contribution is -2.17. The fourth-order valence-corrected chi connectivity index (χ4v) is 2.04. The van der Waals surface area contributed by atoms with E-state index in [0.29, 0.717) is 0 Å². The number of aromatic nitrogens is 1. The van der Waals surface area contributed by atoms with E-state index in [1.807, 2.05) is 18.3 Å². The van der Waals surface area contributed by atoms with E-state index in [4.69, 9.17) is 0 Å². The summed E-state index contributed by atoms with van der Waals surface area (Å²) in [6.07, 6.45) is 4.30. The third-order valence-electron chi connectivity index (χ3n) is 2.91. The van der Waals surface area contributed by atoms with E-state index >= 15 is 0 Å². The van der Waals surface area contributed by atoms with Crippen molar-refractivity contribution in [2.75, 3.05) is 13.1 Å². The molecule has 17 heavy (non-hydrogen) atoms. The van der Waals surface area contributed by atoms with E-state index in [0.717, 1.165) is 37.0 Å². The lowest BCUT2D eigenvalue weighted by molar-refractivity contribution is 0.587. The van der Waals surface area contributed by atoms with Crippen LogP contribution in [-0.4, -0.2) is 17.7 Å². The summed E-state index contributed by atoms with van der Waals surface area (Å²) in [4.78, 5) is 0. The molecule has 0 bridgehead atoms. The minimum atomic E-state index is -0.167. The molecule has 0 aliphatic carbocycles. The molecular weight excluding hydrogens is 215 g/mol. The molecule has 2 aromatic rings. The molecule has 0 aliphatic heterocycles. The Morgan fingerprint density at radius 2 is 2.12 bits per heavy atom. The van der Waals surface area contributed by atoms with Crippen LogP contribution >= 0.6 is 0 Å². The van der Waals surface area contributed by atoms with Gasteiger partial charge in [-0.1, -0.05) is 6.92 Å². The van der Waals surface area contributed by atoms with E-state index in [-0.39, 0.29) is 5.82 Å². The van der Waals surface area contributed by atoms with E-state index in [9.17, 15) is 4.39 Å². The Kier molecular flexibility index (Phi) is 4.15. The molecular formula is C14H19FN2. The van der Waals surface area contributed by atoms with Crippen molar-refractivity contribution in [2.24, 2.45) is 0 Å². The number of halogens is 1. The molecule has 0 unspecified atom stereocenters. The topological polar surface area (TPSA) is 17.0 Å². The lowest BCUT2D eigenvalue weighted by Gasteiger charge is -2.06. The maximum Gasteiger partial charge on any atom is 0.123 e. The fourth-order valence-electron chi connectivity index (χ4n) is 2.04. The highest BCUT2D eigenvalue weighted by Crippen LogP contribution is 2.17. The predicted molar refractivity (Wildman–Crippen MR) is 69.7 cm³/mol. The molecule has 0 atom stereocenters. The second-order valence-electron chi connectivity index (χ2n) is 4.32. The van der Waals surface area contributed by atoms with Gasteiger partial charge in [0.2, 0.25) is 0 Å². The first-order chi connectivity index (χ1) is 8.31. The monoisotopic (exact) mass is 234 g/mol. The molecule has 1 aromatic carbocycles. The molecule has 0 fully saturated rings. The minimum absolute atomic E-state index is 0.167. The second-order valence-corrected chi connectivity index (χ2v) is 4.32. The lowest BCUT2D eigenvalue weighted by atomic mass is 10.2. The van der Waals surface area contributed by atoms with Gasteiger partial charge in [0.15, 0.2) is 0 Å². The SMILES string of the molecule is CCCNCCCn1ccc2cc(F)ccc21. The summed E-state index contributed by atoms with van der Waals surface area (Å²) in [5.41, 5.74) is 1.11. The second kappa shape index (κ2) is 5.82. The number of nitrogens with one attached hydrogen (secondary N) is 1. The van der Waals surface area contributed by atoms with Crippen molar-refractivity contribution in [1.82, 2.24) is 9.88 Å². The van der Waals surface area contributed by atoms with Gasteiger partial charge < -0.3 is 9.88 Å². The summed E-state index contributed by atoms with van der Waals surface area (Å²) >= 11 is 0. The molecule has 0 amide bonds. The van der Waals surface area contributed by atoms with Crippen molar-refractivity contribution in [3.8, 4) is 0 Å². The van der Waals surface area contributed by atoms with Crippen LogP contribution in [0.5, 0.6) is 0 Å². The van der Waals surface area contributed by atoms with Gasteiger partial charge in [0.25, 0.3) is 0 Å². The molecule has 1 heterocycles. The van der Waals surface area contributed by atoms with E-state index in [1.54, 1.807) is 6.07 Å². The summed E-state index contributed by atoms with van der Waals surface area (Å²) < 4.78 is 15.2. The van der Waals surface area contributed by atoms with Crippen molar-refractivity contribution >= 4 is 10.9 Å². The minimum Gasteiger partial charge on any atom is -0.347 e. The molecule has 1 aromatic heterocycles. The van der Waals surface area contributed by atoms with Gasteiger partial charge in [-0.25, -0.2) is 4.39 Å². The first-order valence-electron chi connectivity index (χ1n) is 6.26. The number of hydrogen-bond donors (Lipinski definition) is 1. The first-order valence-corrected chi connectivity index (χ1v) is 6.26. The van der Waals surface area contributed by atoms with Crippen molar-refractivity contribution < 1.29 is 4.39 Å². The van der Waals surface area contributed by atoms with Gasteiger partial charge in [0, 0.05) is 23.6 Å². The summed E-state index contributed by atoms with van der Waals surface area (Å²) in [7, 11) is 0. The number of aryl methyl sites for hydroxylation is 1. The normalized spacial score (nSPS) is 11.2. The summed E-state index contributed by atoms with van der Waals surface area (Å²) in [5.74, 6) is -0.167. The Morgan fingerprint density at radius 3 is 2.94 bits per heavy atom. The standard InChI is InChI=1S/C14H19FN2/c1-2-7-16-8-3-9-17-10-6-12-11-13(15)4-5-14(12)17/h4-6,10-11,16H,2-3,7-9H2,1H3. The van der Waals surface area contributed by atoms with E-state index in [2.05, 4.69) is 16.8 Å². The molecule has 2 nitrogen and oxygen atoms in total. The summed E-state index contributed by atoms with van der Waals surface area (Å²) in [5, 5.41) is 4.36. The molecule has 0 saturated carbocycles. The fraction of sp³-hybridized carbons (Fsp3) is 0.429. The highest BCUT2D eigenvalue weighted by Gasteiger charge is 2.01.